The van der Waals surface area contributed by atoms with Gasteiger partial charge in [-0.1, -0.05) is 23.9 Å². The number of para-hydroxylation sites is 1. The highest BCUT2D eigenvalue weighted by Gasteiger charge is 2.40. The predicted octanol–water partition coefficient (Wildman–Crippen LogP) is 1.36. The first-order valence-electron chi connectivity index (χ1n) is 4.89. The Hall–Kier alpha value is -1.33. The van der Waals surface area contributed by atoms with Crippen LogP contribution < -0.4 is 11.1 Å². The van der Waals surface area contributed by atoms with Gasteiger partial charge in [-0.15, -0.1) is 0 Å². The smallest absolute Gasteiger partial charge is 0.200 e. The van der Waals surface area contributed by atoms with Crippen LogP contribution in [-0.4, -0.2) is 16.6 Å². The van der Waals surface area contributed by atoms with Crippen LogP contribution >= 0.6 is 11.8 Å². The highest BCUT2D eigenvalue weighted by Crippen LogP contribution is 2.43. The summed E-state index contributed by atoms with van der Waals surface area (Å²) in [5, 5.41) is 2.95. The van der Waals surface area contributed by atoms with Gasteiger partial charge in [0.2, 0.25) is 0 Å². The van der Waals surface area contributed by atoms with E-state index in [-0.39, 0.29) is 18.0 Å². The van der Waals surface area contributed by atoms with E-state index in [1.807, 2.05) is 24.3 Å². The molecule has 0 aliphatic carbocycles. The number of fused-ring (bicyclic) bond motifs is 1. The zero-order chi connectivity index (χ0) is 11.8. The number of nitrogens with two attached hydrogens (primary N) is 1. The van der Waals surface area contributed by atoms with Gasteiger partial charge in [0.15, 0.2) is 10.8 Å². The van der Waals surface area contributed by atoms with Gasteiger partial charge in [-0.25, -0.2) is 0 Å². The average Bonchev–Trinajstić information content (AvgIpc) is 2.54. The van der Waals surface area contributed by atoms with Crippen molar-refractivity contribution >= 4 is 29.0 Å². The third-order valence-electron chi connectivity index (χ3n) is 2.30. The first kappa shape index (κ1) is 11.2. The number of benzene rings is 1. The van der Waals surface area contributed by atoms with Crippen LogP contribution in [-0.2, 0) is 9.59 Å². The molecular weight excluding hydrogens is 224 g/mol. The van der Waals surface area contributed by atoms with Crippen LogP contribution in [0.5, 0.6) is 0 Å². The van der Waals surface area contributed by atoms with Crippen LogP contribution in [0.25, 0.3) is 0 Å². The molecule has 16 heavy (non-hydrogen) atoms. The van der Waals surface area contributed by atoms with Gasteiger partial charge < -0.3 is 5.32 Å². The van der Waals surface area contributed by atoms with Crippen molar-refractivity contribution in [2.75, 3.05) is 5.32 Å². The highest BCUT2D eigenvalue weighted by atomic mass is 32.2. The Morgan fingerprint density at radius 1 is 1.44 bits per heavy atom. The maximum Gasteiger partial charge on any atom is 0.200 e. The van der Waals surface area contributed by atoms with Crippen LogP contribution in [0.1, 0.15) is 13.3 Å². The Labute approximate surface area is 97.6 Å². The molecule has 1 aliphatic heterocycles. The Morgan fingerprint density at radius 3 is 2.75 bits per heavy atom. The first-order chi connectivity index (χ1) is 7.51. The van der Waals surface area contributed by atoms with Crippen LogP contribution in [0, 0.1) is 0 Å². The maximum atomic E-state index is 11.8. The predicted molar refractivity (Wildman–Crippen MR) is 63.1 cm³/mol. The van der Waals surface area contributed by atoms with E-state index < -0.39 is 4.99 Å². The second-order valence-electron chi connectivity index (χ2n) is 3.76. The van der Waals surface area contributed by atoms with Crippen LogP contribution in [0.4, 0.5) is 5.69 Å². The lowest BCUT2D eigenvalue weighted by Crippen LogP contribution is -2.49. The van der Waals surface area contributed by atoms with Gasteiger partial charge in [0.25, 0.3) is 0 Å². The van der Waals surface area contributed by atoms with Crippen molar-refractivity contribution in [3.05, 3.63) is 24.3 Å². The topological polar surface area (TPSA) is 72.2 Å². The number of hydrogen-bond acceptors (Lipinski definition) is 5. The lowest BCUT2D eigenvalue weighted by molar-refractivity contribution is -0.126. The monoisotopic (exact) mass is 236 g/mol. The molecule has 0 fully saturated rings. The summed E-state index contributed by atoms with van der Waals surface area (Å²) in [6, 6.07) is 7.50. The number of anilines is 1. The maximum absolute atomic E-state index is 11.8. The fourth-order valence-corrected chi connectivity index (χ4v) is 2.61. The van der Waals surface area contributed by atoms with E-state index in [0.717, 1.165) is 10.6 Å². The molecule has 84 valence electrons. The van der Waals surface area contributed by atoms with E-state index in [0.29, 0.717) is 0 Å². The minimum atomic E-state index is -1.20. The summed E-state index contributed by atoms with van der Waals surface area (Å²) < 4.78 is 0. The number of ketones is 2. The zero-order valence-corrected chi connectivity index (χ0v) is 9.64. The van der Waals surface area contributed by atoms with Crippen molar-refractivity contribution in [3.63, 3.8) is 0 Å². The summed E-state index contributed by atoms with van der Waals surface area (Å²) in [6.45, 7) is 1.38. The van der Waals surface area contributed by atoms with Crippen LogP contribution in [0.3, 0.4) is 0 Å². The average molecular weight is 236 g/mol. The molecule has 1 heterocycles. The molecule has 0 saturated carbocycles. The molecule has 4 nitrogen and oxygen atoms in total. The lowest BCUT2D eigenvalue weighted by atomic mass is 10.1. The first-order valence-corrected chi connectivity index (χ1v) is 5.71. The Balaban J connectivity index is 2.20. The summed E-state index contributed by atoms with van der Waals surface area (Å²) in [5.41, 5.74) is 6.79. The summed E-state index contributed by atoms with van der Waals surface area (Å²) in [5.74, 6) is -0.464. The standard InChI is InChI=1S/C11H12N2O2S/c1-7(14)6-10(15)11(12)13-8-4-2-3-5-9(8)16-11/h2-5,13H,6,12H2,1H3. The zero-order valence-electron chi connectivity index (χ0n) is 8.82. The summed E-state index contributed by atoms with van der Waals surface area (Å²) in [6.07, 6.45) is -0.134. The molecule has 3 N–H and O–H groups in total. The van der Waals surface area contributed by atoms with E-state index in [1.54, 1.807) is 0 Å². The quantitative estimate of drug-likeness (QED) is 0.775. The minimum absolute atomic E-state index is 0.134. The van der Waals surface area contributed by atoms with Gasteiger partial charge in [0.1, 0.15) is 5.78 Å². The van der Waals surface area contributed by atoms with Gasteiger partial charge in [-0.05, 0) is 19.1 Å². The number of hydrogen-bond donors (Lipinski definition) is 2. The molecule has 1 aromatic rings. The van der Waals surface area contributed by atoms with E-state index in [2.05, 4.69) is 5.32 Å². The van der Waals surface area contributed by atoms with Crippen LogP contribution in [0.2, 0.25) is 0 Å². The molecule has 2 rings (SSSR count). The Bertz CT molecular complexity index is 434. The molecule has 1 aliphatic rings. The number of Topliss-reactive ketones (excluding diaryl/α,β-unsaturated/α-hetero) is 2. The van der Waals surface area contributed by atoms with Gasteiger partial charge in [0, 0.05) is 4.90 Å². The van der Waals surface area contributed by atoms with E-state index >= 15 is 0 Å². The lowest BCUT2D eigenvalue weighted by Gasteiger charge is -2.21. The largest absolute Gasteiger partial charge is 0.352 e. The SMILES string of the molecule is CC(=O)CC(=O)C1(N)Nc2ccccc2S1. The highest BCUT2D eigenvalue weighted by molar-refractivity contribution is 8.02. The molecule has 0 bridgehead atoms. The molecule has 1 atom stereocenters. The molecule has 0 aromatic heterocycles. The third-order valence-corrected chi connectivity index (χ3v) is 3.53. The summed E-state index contributed by atoms with van der Waals surface area (Å²) in [7, 11) is 0. The second-order valence-corrected chi connectivity index (χ2v) is 5.05. The Morgan fingerprint density at radius 2 is 2.12 bits per heavy atom. The van der Waals surface area contributed by atoms with Gasteiger partial charge in [-0.3, -0.25) is 15.3 Å². The number of carbonyl (C=O) groups is 2. The third kappa shape index (κ3) is 1.96. The molecular formula is C11H12N2O2S. The van der Waals surface area contributed by atoms with Crippen molar-refractivity contribution in [3.8, 4) is 0 Å². The second kappa shape index (κ2) is 3.92. The fourth-order valence-electron chi connectivity index (χ4n) is 1.54. The molecule has 0 spiro atoms. The number of rotatable bonds is 3. The van der Waals surface area contributed by atoms with E-state index in [1.165, 1.54) is 18.7 Å². The van der Waals surface area contributed by atoms with E-state index in [9.17, 15) is 9.59 Å². The van der Waals surface area contributed by atoms with Gasteiger partial charge in [-0.2, -0.15) is 0 Å². The normalized spacial score (nSPS) is 22.4. The van der Waals surface area contributed by atoms with Gasteiger partial charge >= 0.3 is 0 Å². The van der Waals surface area contributed by atoms with Crippen molar-refractivity contribution in [2.45, 2.75) is 23.2 Å². The van der Waals surface area contributed by atoms with Crippen molar-refractivity contribution in [2.24, 2.45) is 5.73 Å². The number of thioether (sulfide) groups is 1. The molecule has 0 saturated heterocycles. The fraction of sp³-hybridized carbons (Fsp3) is 0.273. The molecule has 0 radical (unpaired) electrons. The van der Waals surface area contributed by atoms with Crippen molar-refractivity contribution in [1.29, 1.82) is 0 Å². The van der Waals surface area contributed by atoms with Crippen LogP contribution in [0.15, 0.2) is 29.2 Å². The Kier molecular flexibility index (Phi) is 2.73. The molecule has 1 aromatic carbocycles. The number of carbonyl (C=O) groups excluding carboxylic acids is 2. The number of nitrogens with one attached hydrogen (secondary N) is 1. The molecule has 5 heteroatoms. The molecule has 1 unspecified atom stereocenters. The molecule has 0 amide bonds. The summed E-state index contributed by atoms with van der Waals surface area (Å²) in [4.78, 5) is 22.5. The van der Waals surface area contributed by atoms with Crippen molar-refractivity contribution < 1.29 is 9.59 Å². The van der Waals surface area contributed by atoms with Gasteiger partial charge in [0.05, 0.1) is 12.1 Å². The van der Waals surface area contributed by atoms with E-state index in [4.69, 9.17) is 5.73 Å². The van der Waals surface area contributed by atoms with Crippen molar-refractivity contribution in [1.82, 2.24) is 0 Å². The minimum Gasteiger partial charge on any atom is -0.352 e. The summed E-state index contributed by atoms with van der Waals surface area (Å²) >= 11 is 1.25.